The summed E-state index contributed by atoms with van der Waals surface area (Å²) in [6, 6.07) is 2.18. The Morgan fingerprint density at radius 2 is 2.00 bits per heavy atom. The third kappa shape index (κ3) is 7.66. The van der Waals surface area contributed by atoms with Crippen molar-refractivity contribution in [2.24, 2.45) is 5.92 Å². The van der Waals surface area contributed by atoms with Gasteiger partial charge in [-0.2, -0.15) is 0 Å². The van der Waals surface area contributed by atoms with Gasteiger partial charge in [-0.15, -0.1) is 11.3 Å². The number of likely N-dealkylation sites (tertiary alicyclic amines) is 1. The lowest BCUT2D eigenvalue weighted by Crippen LogP contribution is -2.39. The van der Waals surface area contributed by atoms with Gasteiger partial charge in [0.25, 0.3) is 11.8 Å². The molecule has 2 amide bonds. The van der Waals surface area contributed by atoms with Crippen LogP contribution >= 0.6 is 11.3 Å². The highest BCUT2D eigenvalue weighted by Gasteiger charge is 2.31. The van der Waals surface area contributed by atoms with Crippen LogP contribution in [-0.4, -0.2) is 75.8 Å². The Labute approximate surface area is 233 Å². The third-order valence-electron chi connectivity index (χ3n) is 7.12. The van der Waals surface area contributed by atoms with E-state index in [-0.39, 0.29) is 49.1 Å². The number of piperidine rings is 1. The lowest BCUT2D eigenvalue weighted by atomic mass is 9.87. The van der Waals surface area contributed by atoms with Gasteiger partial charge in [-0.25, -0.2) is 14.4 Å². The summed E-state index contributed by atoms with van der Waals surface area (Å²) >= 11 is 1.08. The highest BCUT2D eigenvalue weighted by Crippen LogP contribution is 2.39. The maximum Gasteiger partial charge on any atom is 0.280 e. The summed E-state index contributed by atoms with van der Waals surface area (Å²) in [6.07, 6.45) is 5.88. The quantitative estimate of drug-likeness (QED) is 0.407. The average molecular weight is 562 g/mol. The van der Waals surface area contributed by atoms with Crippen molar-refractivity contribution in [3.63, 3.8) is 0 Å². The largest absolute Gasteiger partial charge is 0.493 e. The number of alkyl halides is 1. The second-order valence-electron chi connectivity index (χ2n) is 11.3. The Balaban J connectivity index is 1.68. The SMILES string of the molecule is CCOc1cc(NC2CCCC(C)C2)ncc1-c1sc(C(=O)NCC(C)(C)O)nc1C(=O)N1CCC(F)CC1. The third-order valence-corrected chi connectivity index (χ3v) is 8.20. The molecule has 2 aromatic heterocycles. The first-order chi connectivity index (χ1) is 18.5. The van der Waals surface area contributed by atoms with Crippen molar-refractivity contribution in [3.8, 4) is 16.2 Å². The predicted octanol–water partition coefficient (Wildman–Crippen LogP) is 4.67. The van der Waals surface area contributed by atoms with Gasteiger partial charge in [-0.3, -0.25) is 9.59 Å². The van der Waals surface area contributed by atoms with Crippen molar-refractivity contribution in [1.29, 1.82) is 0 Å². The zero-order chi connectivity index (χ0) is 28.2. The number of halogens is 1. The zero-order valence-electron chi connectivity index (χ0n) is 23.3. The molecule has 2 unspecified atom stereocenters. The van der Waals surface area contributed by atoms with Crippen molar-refractivity contribution in [1.82, 2.24) is 20.2 Å². The summed E-state index contributed by atoms with van der Waals surface area (Å²) in [4.78, 5) is 37.7. The Hall–Kier alpha value is -2.79. The van der Waals surface area contributed by atoms with Crippen molar-refractivity contribution in [2.75, 3.05) is 31.6 Å². The molecule has 0 bridgehead atoms. The van der Waals surface area contributed by atoms with Crippen LogP contribution in [0.4, 0.5) is 10.2 Å². The minimum atomic E-state index is -1.10. The standard InChI is InChI=1S/C28H40FN5O4S/c1-5-38-21-14-22(32-19-8-6-7-17(2)13-19)30-15-20(21)24-23(27(36)34-11-9-18(29)10-12-34)33-26(39-24)25(35)31-16-28(3,4)37/h14-15,17-19,37H,5-13,16H2,1-4H3,(H,30,32)(H,31,35). The van der Waals surface area contributed by atoms with Crippen LogP contribution in [0.1, 0.15) is 86.5 Å². The second kappa shape index (κ2) is 12.6. The number of rotatable bonds is 9. The first-order valence-corrected chi connectivity index (χ1v) is 14.7. The molecule has 3 N–H and O–H groups in total. The fourth-order valence-corrected chi connectivity index (χ4v) is 6.04. The van der Waals surface area contributed by atoms with Gasteiger partial charge in [0.05, 0.1) is 22.6 Å². The van der Waals surface area contributed by atoms with E-state index in [0.717, 1.165) is 24.2 Å². The van der Waals surface area contributed by atoms with Gasteiger partial charge >= 0.3 is 0 Å². The molecule has 3 heterocycles. The minimum Gasteiger partial charge on any atom is -0.493 e. The fourth-order valence-electron chi connectivity index (χ4n) is 5.05. The second-order valence-corrected chi connectivity index (χ2v) is 12.3. The van der Waals surface area contributed by atoms with E-state index in [0.29, 0.717) is 40.6 Å². The smallest absolute Gasteiger partial charge is 0.280 e. The van der Waals surface area contributed by atoms with Gasteiger partial charge in [0, 0.05) is 37.9 Å². The molecule has 4 rings (SSSR count). The summed E-state index contributed by atoms with van der Waals surface area (Å²) in [7, 11) is 0. The first kappa shape index (κ1) is 29.2. The number of hydrogen-bond acceptors (Lipinski definition) is 8. The van der Waals surface area contributed by atoms with Gasteiger partial charge < -0.3 is 25.4 Å². The van der Waals surface area contributed by atoms with Crippen molar-refractivity contribution in [3.05, 3.63) is 23.0 Å². The summed E-state index contributed by atoms with van der Waals surface area (Å²) in [5.41, 5.74) is -0.409. The molecule has 0 aromatic carbocycles. The van der Waals surface area contributed by atoms with E-state index in [1.807, 2.05) is 13.0 Å². The number of nitrogens with one attached hydrogen (secondary N) is 2. The molecular formula is C28H40FN5O4S. The van der Waals surface area contributed by atoms with Crippen LogP contribution < -0.4 is 15.4 Å². The lowest BCUT2D eigenvalue weighted by Gasteiger charge is -2.28. The number of nitrogens with zero attached hydrogens (tertiary/aromatic N) is 3. The maximum atomic E-state index is 13.8. The molecule has 1 aliphatic carbocycles. The Kier molecular flexibility index (Phi) is 9.43. The monoisotopic (exact) mass is 561 g/mol. The molecular weight excluding hydrogens is 521 g/mol. The molecule has 0 radical (unpaired) electrons. The molecule has 0 spiro atoms. The number of hydrogen-bond donors (Lipinski definition) is 3. The van der Waals surface area contributed by atoms with E-state index < -0.39 is 17.7 Å². The van der Waals surface area contributed by atoms with Gasteiger partial charge in [0.1, 0.15) is 23.4 Å². The molecule has 2 aliphatic rings. The number of aromatic nitrogens is 2. The van der Waals surface area contributed by atoms with Crippen LogP contribution in [0.25, 0.3) is 10.4 Å². The fraction of sp³-hybridized carbons (Fsp3) is 0.643. The van der Waals surface area contributed by atoms with Crippen molar-refractivity contribution in [2.45, 2.75) is 84.0 Å². The molecule has 1 aliphatic heterocycles. The Bertz CT molecular complexity index is 1160. The van der Waals surface area contributed by atoms with Gasteiger partial charge in [-0.05, 0) is 52.4 Å². The normalized spacial score (nSPS) is 20.5. The van der Waals surface area contributed by atoms with Crippen molar-refractivity contribution >= 4 is 29.0 Å². The van der Waals surface area contributed by atoms with Crippen LogP contribution in [0.2, 0.25) is 0 Å². The molecule has 2 atom stereocenters. The van der Waals surface area contributed by atoms with Gasteiger partial charge in [-0.1, -0.05) is 19.8 Å². The van der Waals surface area contributed by atoms with E-state index in [2.05, 4.69) is 27.5 Å². The van der Waals surface area contributed by atoms with Crippen LogP contribution in [0.3, 0.4) is 0 Å². The van der Waals surface area contributed by atoms with Crippen LogP contribution in [0.15, 0.2) is 12.3 Å². The molecule has 2 aromatic rings. The number of pyridine rings is 1. The molecule has 1 saturated heterocycles. The van der Waals surface area contributed by atoms with Crippen molar-refractivity contribution < 1.29 is 23.8 Å². The molecule has 11 heteroatoms. The summed E-state index contributed by atoms with van der Waals surface area (Å²) in [5, 5.41) is 16.3. The number of amides is 2. The number of aliphatic hydroxyl groups is 1. The summed E-state index contributed by atoms with van der Waals surface area (Å²) in [6.45, 7) is 8.34. The molecule has 2 fully saturated rings. The molecule has 9 nitrogen and oxygen atoms in total. The minimum absolute atomic E-state index is 0.0277. The van der Waals surface area contributed by atoms with Crippen LogP contribution in [-0.2, 0) is 0 Å². The number of thiazole rings is 1. The Morgan fingerprint density at radius 1 is 1.26 bits per heavy atom. The zero-order valence-corrected chi connectivity index (χ0v) is 24.1. The van der Waals surface area contributed by atoms with E-state index in [9.17, 15) is 19.1 Å². The number of ether oxygens (including phenoxy) is 1. The molecule has 1 saturated carbocycles. The summed E-state index contributed by atoms with van der Waals surface area (Å²) < 4.78 is 19.8. The highest BCUT2D eigenvalue weighted by atomic mass is 32.1. The number of carbonyl (C=O) groups is 2. The Morgan fingerprint density at radius 3 is 2.67 bits per heavy atom. The van der Waals surface area contributed by atoms with Crippen LogP contribution in [0, 0.1) is 5.92 Å². The highest BCUT2D eigenvalue weighted by molar-refractivity contribution is 7.17. The van der Waals surface area contributed by atoms with E-state index in [4.69, 9.17) is 4.74 Å². The molecule has 214 valence electrons. The van der Waals surface area contributed by atoms with E-state index >= 15 is 0 Å². The van der Waals surface area contributed by atoms with E-state index in [1.165, 1.54) is 12.8 Å². The van der Waals surface area contributed by atoms with Gasteiger partial charge in [0.2, 0.25) is 0 Å². The molecule has 39 heavy (non-hydrogen) atoms. The average Bonchev–Trinajstić information content (AvgIpc) is 3.33. The first-order valence-electron chi connectivity index (χ1n) is 13.9. The summed E-state index contributed by atoms with van der Waals surface area (Å²) in [5.74, 6) is 1.07. The number of anilines is 1. The number of carbonyl (C=O) groups excluding carboxylic acids is 2. The van der Waals surface area contributed by atoms with Gasteiger partial charge in [0.15, 0.2) is 5.01 Å². The van der Waals surface area contributed by atoms with Crippen LogP contribution in [0.5, 0.6) is 5.75 Å². The van der Waals surface area contributed by atoms with E-state index in [1.54, 1.807) is 24.9 Å². The maximum absolute atomic E-state index is 13.8. The lowest BCUT2D eigenvalue weighted by molar-refractivity contribution is 0.0660. The predicted molar refractivity (Wildman–Crippen MR) is 150 cm³/mol. The topological polar surface area (TPSA) is 117 Å².